The Morgan fingerprint density at radius 3 is 2.55 bits per heavy atom. The fourth-order valence-electron chi connectivity index (χ4n) is 0.341. The summed E-state index contributed by atoms with van der Waals surface area (Å²) in [6, 6.07) is 0. The fraction of sp³-hybridized carbons (Fsp3) is 0.667. The second-order valence-electron chi connectivity index (χ2n) is 1.67. The lowest BCUT2D eigenvalue weighted by atomic mass is 10.6. The van der Waals surface area contributed by atoms with Crippen LogP contribution in [0.3, 0.4) is 0 Å². The monoisotopic (exact) mass is 196 g/mol. The molecular formula is C6H9ClO3S. The van der Waals surface area contributed by atoms with E-state index in [1.807, 2.05) is 6.92 Å². The van der Waals surface area contributed by atoms with Crippen LogP contribution in [0.25, 0.3) is 0 Å². The van der Waals surface area contributed by atoms with Gasteiger partial charge in [-0.15, -0.1) is 0 Å². The molecule has 0 aliphatic carbocycles. The van der Waals surface area contributed by atoms with Crippen LogP contribution >= 0.6 is 10.7 Å². The molecule has 0 radical (unpaired) electrons. The van der Waals surface area contributed by atoms with E-state index < -0.39 is 9.05 Å². The molecule has 0 aliphatic heterocycles. The second-order valence-corrected chi connectivity index (χ2v) is 4.45. The van der Waals surface area contributed by atoms with Gasteiger partial charge in [0, 0.05) is 17.3 Å². The van der Waals surface area contributed by atoms with Gasteiger partial charge in [-0.05, 0) is 6.92 Å². The van der Waals surface area contributed by atoms with E-state index in [2.05, 4.69) is 11.8 Å². The highest BCUT2D eigenvalue weighted by atomic mass is 35.7. The van der Waals surface area contributed by atoms with Crippen molar-refractivity contribution in [3.05, 3.63) is 0 Å². The molecular weight excluding hydrogens is 188 g/mol. The highest BCUT2D eigenvalue weighted by molar-refractivity contribution is 8.13. The van der Waals surface area contributed by atoms with Gasteiger partial charge in [0.05, 0.1) is 0 Å². The smallest absolute Gasteiger partial charge is 0.243 e. The molecule has 11 heavy (non-hydrogen) atoms. The molecule has 0 rings (SSSR count). The minimum atomic E-state index is -3.47. The van der Waals surface area contributed by atoms with Crippen LogP contribution in [0, 0.1) is 11.8 Å². The standard InChI is InChI=1S/C6H9ClO3S/c1-2-10-5-3-4-6-11(7,8)9/h2,5-6H2,1H3. The van der Waals surface area contributed by atoms with E-state index in [1.54, 1.807) is 0 Å². The molecule has 0 bridgehead atoms. The van der Waals surface area contributed by atoms with E-state index in [-0.39, 0.29) is 12.4 Å². The van der Waals surface area contributed by atoms with E-state index in [0.29, 0.717) is 6.61 Å². The second kappa shape index (κ2) is 5.42. The summed E-state index contributed by atoms with van der Waals surface area (Å²) < 4.78 is 25.4. The molecule has 0 saturated carbocycles. The third kappa shape index (κ3) is 9.76. The zero-order valence-electron chi connectivity index (χ0n) is 6.13. The Morgan fingerprint density at radius 2 is 2.09 bits per heavy atom. The van der Waals surface area contributed by atoms with Crippen molar-refractivity contribution in [1.29, 1.82) is 0 Å². The van der Waals surface area contributed by atoms with Gasteiger partial charge in [0.15, 0.2) is 0 Å². The summed E-state index contributed by atoms with van der Waals surface area (Å²) in [7, 11) is 1.41. The summed E-state index contributed by atoms with van der Waals surface area (Å²) in [5.41, 5.74) is 0. The van der Waals surface area contributed by atoms with Crippen molar-refractivity contribution in [2.75, 3.05) is 19.0 Å². The van der Waals surface area contributed by atoms with Crippen molar-refractivity contribution in [3.8, 4) is 11.8 Å². The van der Waals surface area contributed by atoms with Crippen molar-refractivity contribution >= 4 is 19.7 Å². The first-order chi connectivity index (χ1) is 5.06. The summed E-state index contributed by atoms with van der Waals surface area (Å²) >= 11 is 0. The van der Waals surface area contributed by atoms with E-state index >= 15 is 0 Å². The third-order valence-electron chi connectivity index (χ3n) is 0.748. The number of halogens is 1. The van der Waals surface area contributed by atoms with Gasteiger partial charge in [-0.2, -0.15) is 0 Å². The van der Waals surface area contributed by atoms with Crippen LogP contribution in [0.4, 0.5) is 0 Å². The molecule has 0 saturated heterocycles. The van der Waals surface area contributed by atoms with Crippen LogP contribution in [-0.4, -0.2) is 27.4 Å². The fourth-order valence-corrected chi connectivity index (χ4v) is 0.779. The Hall–Kier alpha value is -0.240. The molecule has 0 spiro atoms. The summed E-state index contributed by atoms with van der Waals surface area (Å²) in [6.45, 7) is 2.66. The van der Waals surface area contributed by atoms with Gasteiger partial charge in [0.2, 0.25) is 9.05 Å². The lowest BCUT2D eigenvalue weighted by Crippen LogP contribution is -1.94. The maximum atomic E-state index is 10.3. The Morgan fingerprint density at radius 1 is 1.45 bits per heavy atom. The lowest BCUT2D eigenvalue weighted by molar-refractivity contribution is 0.182. The van der Waals surface area contributed by atoms with Crippen LogP contribution < -0.4 is 0 Å². The molecule has 0 aliphatic rings. The first kappa shape index (κ1) is 10.8. The summed E-state index contributed by atoms with van der Waals surface area (Å²) in [4.78, 5) is 0. The molecule has 0 unspecified atom stereocenters. The minimum absolute atomic E-state index is 0.253. The zero-order valence-corrected chi connectivity index (χ0v) is 7.70. The molecule has 5 heteroatoms. The Balaban J connectivity index is 3.57. The Labute approximate surface area is 71.1 Å². The normalized spacial score (nSPS) is 10.4. The molecule has 3 nitrogen and oxygen atoms in total. The van der Waals surface area contributed by atoms with Crippen molar-refractivity contribution in [1.82, 2.24) is 0 Å². The first-order valence-corrected chi connectivity index (χ1v) is 5.50. The van der Waals surface area contributed by atoms with Crippen molar-refractivity contribution in [3.63, 3.8) is 0 Å². The van der Waals surface area contributed by atoms with E-state index in [0.717, 1.165) is 0 Å². The van der Waals surface area contributed by atoms with Gasteiger partial charge >= 0.3 is 0 Å². The van der Waals surface area contributed by atoms with Crippen LogP contribution in [0.5, 0.6) is 0 Å². The van der Waals surface area contributed by atoms with Gasteiger partial charge in [0.1, 0.15) is 12.4 Å². The Bertz CT molecular complexity index is 247. The molecule has 0 amide bonds. The lowest BCUT2D eigenvalue weighted by Gasteiger charge is -1.88. The molecule has 0 atom stereocenters. The summed E-state index contributed by atoms with van der Waals surface area (Å²) in [5.74, 6) is 4.55. The van der Waals surface area contributed by atoms with E-state index in [9.17, 15) is 8.42 Å². The Kier molecular flexibility index (Phi) is 5.30. The van der Waals surface area contributed by atoms with Gasteiger partial charge in [-0.25, -0.2) is 8.42 Å². The first-order valence-electron chi connectivity index (χ1n) is 3.02. The third-order valence-corrected chi connectivity index (χ3v) is 1.56. The van der Waals surface area contributed by atoms with Gasteiger partial charge in [-0.3, -0.25) is 0 Å². The minimum Gasteiger partial charge on any atom is -0.369 e. The maximum absolute atomic E-state index is 10.3. The van der Waals surface area contributed by atoms with Crippen LogP contribution in [-0.2, 0) is 13.8 Å². The van der Waals surface area contributed by atoms with Gasteiger partial charge < -0.3 is 4.74 Å². The molecule has 0 N–H and O–H groups in total. The SMILES string of the molecule is CCOCC#CCS(=O)(=O)Cl. The topological polar surface area (TPSA) is 43.4 Å². The predicted octanol–water partition coefficient (Wildman–Crippen LogP) is 0.595. The van der Waals surface area contributed by atoms with Crippen molar-refractivity contribution in [2.24, 2.45) is 0 Å². The highest BCUT2D eigenvalue weighted by Crippen LogP contribution is 1.92. The molecule has 0 heterocycles. The van der Waals surface area contributed by atoms with Gasteiger partial charge in [-0.1, -0.05) is 11.8 Å². The molecule has 0 aromatic carbocycles. The predicted molar refractivity (Wildman–Crippen MR) is 43.9 cm³/mol. The number of ether oxygens (including phenoxy) is 1. The molecule has 64 valence electrons. The number of hydrogen-bond donors (Lipinski definition) is 0. The average Bonchev–Trinajstić information content (AvgIpc) is 1.85. The molecule has 0 fully saturated rings. The highest BCUT2D eigenvalue weighted by Gasteiger charge is 1.98. The molecule has 0 aromatic heterocycles. The summed E-state index contributed by atoms with van der Waals surface area (Å²) in [6.07, 6.45) is 0. The number of rotatable bonds is 3. The van der Waals surface area contributed by atoms with Gasteiger partial charge in [0.25, 0.3) is 0 Å². The average molecular weight is 197 g/mol. The van der Waals surface area contributed by atoms with Crippen LogP contribution in [0.15, 0.2) is 0 Å². The quantitative estimate of drug-likeness (QED) is 0.377. The maximum Gasteiger partial charge on any atom is 0.243 e. The van der Waals surface area contributed by atoms with Crippen LogP contribution in [0.1, 0.15) is 6.92 Å². The van der Waals surface area contributed by atoms with Crippen molar-refractivity contribution in [2.45, 2.75) is 6.92 Å². The van der Waals surface area contributed by atoms with Crippen LogP contribution in [0.2, 0.25) is 0 Å². The summed E-state index contributed by atoms with van der Waals surface area (Å²) in [5, 5.41) is 0. The molecule has 0 aromatic rings. The largest absolute Gasteiger partial charge is 0.369 e. The van der Waals surface area contributed by atoms with E-state index in [1.165, 1.54) is 0 Å². The zero-order chi connectivity index (χ0) is 8.74. The van der Waals surface area contributed by atoms with E-state index in [4.69, 9.17) is 15.4 Å². The van der Waals surface area contributed by atoms with Crippen molar-refractivity contribution < 1.29 is 13.2 Å². The number of hydrogen-bond acceptors (Lipinski definition) is 3.